The number of carbonyl (C=O) groups is 1. The van der Waals surface area contributed by atoms with E-state index in [1.807, 2.05) is 48.1 Å². The molecule has 1 aromatic carbocycles. The maximum absolute atomic E-state index is 13.0. The highest BCUT2D eigenvalue weighted by atomic mass is 32.2. The van der Waals surface area contributed by atoms with Crippen molar-refractivity contribution in [1.29, 1.82) is 0 Å². The Morgan fingerprint density at radius 3 is 2.79 bits per heavy atom. The summed E-state index contributed by atoms with van der Waals surface area (Å²) in [6.07, 6.45) is 3.42. The minimum absolute atomic E-state index is 0.183. The molecule has 8 nitrogen and oxygen atoms in total. The molecule has 0 N–H and O–H groups in total. The van der Waals surface area contributed by atoms with Gasteiger partial charge in [0.25, 0.3) is 0 Å². The number of carbonyl (C=O) groups excluding carboxylic acids is 1. The molecule has 0 bridgehead atoms. The molecular weight excluding hydrogens is 386 g/mol. The van der Waals surface area contributed by atoms with E-state index in [2.05, 4.69) is 30.9 Å². The molecule has 29 heavy (non-hydrogen) atoms. The first kappa shape index (κ1) is 18.4. The number of aromatic nitrogens is 4. The fourth-order valence-corrected chi connectivity index (χ4v) is 5.02. The van der Waals surface area contributed by atoms with Gasteiger partial charge in [0.15, 0.2) is 5.65 Å². The Bertz CT molecular complexity index is 1040. The van der Waals surface area contributed by atoms with Crippen LogP contribution in [0, 0.1) is 0 Å². The van der Waals surface area contributed by atoms with Crippen molar-refractivity contribution in [2.75, 3.05) is 54.8 Å². The predicted octanol–water partition coefficient (Wildman–Crippen LogP) is 1.62. The second-order valence-electron chi connectivity index (χ2n) is 7.33. The van der Waals surface area contributed by atoms with Gasteiger partial charge in [-0.25, -0.2) is 9.97 Å². The fraction of sp³-hybridized carbons (Fsp3) is 0.400. The Balaban J connectivity index is 1.24. The molecule has 2 aliphatic heterocycles. The van der Waals surface area contributed by atoms with E-state index >= 15 is 0 Å². The minimum atomic E-state index is 0.183. The number of aryl methyl sites for hydroxylation is 1. The molecule has 4 heterocycles. The van der Waals surface area contributed by atoms with Crippen LogP contribution in [0.2, 0.25) is 0 Å². The molecule has 5 rings (SSSR count). The minimum Gasteiger partial charge on any atom is -0.353 e. The number of piperazine rings is 1. The van der Waals surface area contributed by atoms with Gasteiger partial charge in [-0.3, -0.25) is 14.4 Å². The summed E-state index contributed by atoms with van der Waals surface area (Å²) in [5, 5.41) is 5.27. The molecule has 1 amide bonds. The summed E-state index contributed by atoms with van der Waals surface area (Å²) < 4.78 is 1.77. The second kappa shape index (κ2) is 7.64. The summed E-state index contributed by atoms with van der Waals surface area (Å²) in [6.45, 7) is 4.57. The first-order valence-electron chi connectivity index (χ1n) is 9.83. The highest BCUT2D eigenvalue weighted by Crippen LogP contribution is 2.34. The summed E-state index contributed by atoms with van der Waals surface area (Å²) >= 11 is 1.82. The van der Waals surface area contributed by atoms with Crippen molar-refractivity contribution in [2.24, 2.45) is 7.05 Å². The molecule has 150 valence electrons. The largest absolute Gasteiger partial charge is 0.353 e. The normalized spacial score (nSPS) is 17.6. The van der Waals surface area contributed by atoms with Crippen LogP contribution in [0.4, 0.5) is 11.5 Å². The van der Waals surface area contributed by atoms with Crippen molar-refractivity contribution in [1.82, 2.24) is 24.6 Å². The lowest BCUT2D eigenvalue weighted by atomic mass is 10.2. The number of anilines is 2. The third kappa shape index (κ3) is 3.44. The standard InChI is InChI=1S/C20H23N7OS/c1-24-19-15(12-23-24)20(22-14-21-19)26-8-6-25(7-9-26)13-18(28)27-10-11-29-17-5-3-2-4-16(17)27/h2-5,12,14H,6-11,13H2,1H3. The number of rotatable bonds is 3. The Morgan fingerprint density at radius 2 is 1.93 bits per heavy atom. The van der Waals surface area contributed by atoms with Gasteiger partial charge in [-0.1, -0.05) is 12.1 Å². The van der Waals surface area contributed by atoms with Crippen LogP contribution < -0.4 is 9.80 Å². The SMILES string of the molecule is Cn1ncc2c(N3CCN(CC(=O)N4CCSc5ccccc54)CC3)ncnc21. The average molecular weight is 410 g/mol. The molecule has 3 aromatic rings. The average Bonchev–Trinajstić information content (AvgIpc) is 3.15. The number of amides is 1. The Labute approximate surface area is 173 Å². The molecule has 2 aliphatic rings. The van der Waals surface area contributed by atoms with Gasteiger partial charge in [-0.15, -0.1) is 11.8 Å². The zero-order valence-electron chi connectivity index (χ0n) is 16.4. The van der Waals surface area contributed by atoms with Crippen LogP contribution in [0.25, 0.3) is 11.0 Å². The lowest BCUT2D eigenvalue weighted by molar-refractivity contribution is -0.119. The van der Waals surface area contributed by atoms with Crippen LogP contribution in [0.1, 0.15) is 0 Å². The van der Waals surface area contributed by atoms with Crippen molar-refractivity contribution >= 4 is 40.2 Å². The molecule has 1 fully saturated rings. The van der Waals surface area contributed by atoms with Crippen LogP contribution in [-0.2, 0) is 11.8 Å². The van der Waals surface area contributed by atoms with Gasteiger partial charge < -0.3 is 9.80 Å². The van der Waals surface area contributed by atoms with E-state index in [0.29, 0.717) is 6.54 Å². The maximum atomic E-state index is 13.0. The number of para-hydroxylation sites is 1. The van der Waals surface area contributed by atoms with Crippen molar-refractivity contribution in [2.45, 2.75) is 4.90 Å². The van der Waals surface area contributed by atoms with E-state index in [9.17, 15) is 4.79 Å². The van der Waals surface area contributed by atoms with Crippen LogP contribution in [0.3, 0.4) is 0 Å². The summed E-state index contributed by atoms with van der Waals surface area (Å²) in [6, 6.07) is 8.18. The van der Waals surface area contributed by atoms with Gasteiger partial charge >= 0.3 is 0 Å². The summed E-state index contributed by atoms with van der Waals surface area (Å²) in [7, 11) is 1.89. The number of benzene rings is 1. The number of nitrogens with zero attached hydrogens (tertiary/aromatic N) is 7. The Kier molecular flexibility index (Phi) is 4.84. The zero-order valence-corrected chi connectivity index (χ0v) is 17.2. The van der Waals surface area contributed by atoms with Crippen molar-refractivity contribution in [3.63, 3.8) is 0 Å². The summed E-state index contributed by atoms with van der Waals surface area (Å²) in [5.41, 5.74) is 1.89. The van der Waals surface area contributed by atoms with Crippen LogP contribution in [0.5, 0.6) is 0 Å². The summed E-state index contributed by atoms with van der Waals surface area (Å²) in [5.74, 6) is 2.06. The van der Waals surface area contributed by atoms with Gasteiger partial charge in [0.05, 0.1) is 23.8 Å². The molecule has 0 saturated carbocycles. The van der Waals surface area contributed by atoms with E-state index in [0.717, 1.165) is 61.0 Å². The van der Waals surface area contributed by atoms with E-state index < -0.39 is 0 Å². The van der Waals surface area contributed by atoms with Crippen LogP contribution in [-0.4, -0.2) is 75.6 Å². The van der Waals surface area contributed by atoms with Gasteiger partial charge in [-0.05, 0) is 12.1 Å². The van der Waals surface area contributed by atoms with Crippen molar-refractivity contribution < 1.29 is 4.79 Å². The van der Waals surface area contributed by atoms with Crippen LogP contribution in [0.15, 0.2) is 41.7 Å². The molecule has 0 unspecified atom stereocenters. The summed E-state index contributed by atoms with van der Waals surface area (Å²) in [4.78, 5) is 29.4. The third-order valence-corrected chi connectivity index (χ3v) is 6.61. The topological polar surface area (TPSA) is 70.4 Å². The van der Waals surface area contributed by atoms with E-state index in [4.69, 9.17) is 0 Å². The lowest BCUT2D eigenvalue weighted by Gasteiger charge is -2.36. The maximum Gasteiger partial charge on any atom is 0.241 e. The molecule has 0 aliphatic carbocycles. The van der Waals surface area contributed by atoms with Gasteiger partial charge in [0.2, 0.25) is 5.91 Å². The predicted molar refractivity (Wildman–Crippen MR) is 114 cm³/mol. The zero-order chi connectivity index (χ0) is 19.8. The number of hydrogen-bond donors (Lipinski definition) is 0. The smallest absolute Gasteiger partial charge is 0.241 e. The first-order valence-corrected chi connectivity index (χ1v) is 10.8. The molecule has 0 radical (unpaired) electrons. The number of fused-ring (bicyclic) bond motifs is 2. The van der Waals surface area contributed by atoms with Gasteiger partial charge in [0, 0.05) is 50.4 Å². The molecule has 1 saturated heterocycles. The van der Waals surface area contributed by atoms with E-state index in [1.54, 1.807) is 11.0 Å². The number of thioether (sulfide) groups is 1. The first-order chi connectivity index (χ1) is 14.2. The van der Waals surface area contributed by atoms with Crippen molar-refractivity contribution in [3.05, 3.63) is 36.8 Å². The van der Waals surface area contributed by atoms with Crippen molar-refractivity contribution in [3.8, 4) is 0 Å². The fourth-order valence-electron chi connectivity index (χ4n) is 4.02. The van der Waals surface area contributed by atoms with E-state index in [1.165, 1.54) is 4.90 Å². The lowest BCUT2D eigenvalue weighted by Crippen LogP contribution is -2.51. The van der Waals surface area contributed by atoms with Gasteiger partial charge in [-0.2, -0.15) is 5.10 Å². The molecule has 0 spiro atoms. The number of hydrogen-bond acceptors (Lipinski definition) is 7. The monoisotopic (exact) mass is 409 g/mol. The molecule has 2 aromatic heterocycles. The highest BCUT2D eigenvalue weighted by Gasteiger charge is 2.27. The highest BCUT2D eigenvalue weighted by molar-refractivity contribution is 7.99. The van der Waals surface area contributed by atoms with Crippen LogP contribution >= 0.6 is 11.8 Å². The molecule has 0 atom stereocenters. The van der Waals surface area contributed by atoms with E-state index in [-0.39, 0.29) is 5.91 Å². The van der Waals surface area contributed by atoms with Gasteiger partial charge in [0.1, 0.15) is 12.1 Å². The Hall–Kier alpha value is -2.65. The molecule has 9 heteroatoms. The second-order valence-corrected chi connectivity index (χ2v) is 8.46. The molecular formula is C20H23N7OS. The quantitative estimate of drug-likeness (QED) is 0.651. The third-order valence-electron chi connectivity index (χ3n) is 5.57. The Morgan fingerprint density at radius 1 is 1.10 bits per heavy atom.